The van der Waals surface area contributed by atoms with Crippen LogP contribution in [0.1, 0.15) is 46.0 Å². The van der Waals surface area contributed by atoms with Crippen molar-refractivity contribution in [3.63, 3.8) is 0 Å². The van der Waals surface area contributed by atoms with Gasteiger partial charge in [-0.05, 0) is 53.0 Å². The minimum Gasteiger partial charge on any atom is -0.480 e. The van der Waals surface area contributed by atoms with Gasteiger partial charge in [0.15, 0.2) is 0 Å². The molecule has 3 atom stereocenters. The van der Waals surface area contributed by atoms with Crippen LogP contribution in [-0.4, -0.2) is 59.9 Å². The SMILES string of the molecule is CC(C)NC1(C(=O)O)CCCC(N(C)C2CCOC2)C1. The lowest BCUT2D eigenvalue weighted by Crippen LogP contribution is -2.60. The fourth-order valence-electron chi connectivity index (χ4n) is 3.67. The molecule has 2 fully saturated rings. The van der Waals surface area contributed by atoms with Gasteiger partial charge in [-0.2, -0.15) is 0 Å². The Morgan fingerprint density at radius 3 is 2.70 bits per heavy atom. The first kappa shape index (κ1) is 15.7. The van der Waals surface area contributed by atoms with E-state index in [-0.39, 0.29) is 6.04 Å². The van der Waals surface area contributed by atoms with Crippen molar-refractivity contribution in [1.29, 1.82) is 0 Å². The first-order chi connectivity index (χ1) is 9.44. The average Bonchev–Trinajstić information content (AvgIpc) is 2.91. The van der Waals surface area contributed by atoms with Gasteiger partial charge in [0, 0.05) is 24.7 Å². The molecule has 1 aliphatic carbocycles. The zero-order valence-corrected chi connectivity index (χ0v) is 12.9. The first-order valence-corrected chi connectivity index (χ1v) is 7.75. The van der Waals surface area contributed by atoms with Crippen LogP contribution in [0.5, 0.6) is 0 Å². The molecule has 0 aromatic rings. The van der Waals surface area contributed by atoms with Gasteiger partial charge in [0.25, 0.3) is 0 Å². The summed E-state index contributed by atoms with van der Waals surface area (Å²) in [5, 5.41) is 13.0. The minimum atomic E-state index is -0.759. The number of aliphatic carboxylic acids is 1. The number of carbonyl (C=O) groups is 1. The molecule has 2 aliphatic rings. The lowest BCUT2D eigenvalue weighted by atomic mass is 9.77. The Balaban J connectivity index is 2.06. The van der Waals surface area contributed by atoms with Crippen molar-refractivity contribution in [3.05, 3.63) is 0 Å². The van der Waals surface area contributed by atoms with Gasteiger partial charge in [0.2, 0.25) is 0 Å². The van der Waals surface area contributed by atoms with E-state index in [1.54, 1.807) is 0 Å². The Morgan fingerprint density at radius 2 is 2.15 bits per heavy atom. The standard InChI is InChI=1S/C15H28N2O3/c1-11(2)16-15(14(18)19)7-4-5-12(9-15)17(3)13-6-8-20-10-13/h11-13,16H,4-10H2,1-3H3,(H,18,19). The minimum absolute atomic E-state index is 0.185. The first-order valence-electron chi connectivity index (χ1n) is 7.75. The molecule has 2 rings (SSSR count). The fourth-order valence-corrected chi connectivity index (χ4v) is 3.67. The second-order valence-corrected chi connectivity index (χ2v) is 6.62. The van der Waals surface area contributed by atoms with Crippen molar-refractivity contribution in [2.75, 3.05) is 20.3 Å². The molecule has 5 nitrogen and oxygen atoms in total. The Labute approximate surface area is 121 Å². The van der Waals surface area contributed by atoms with Crippen LogP contribution in [0.4, 0.5) is 0 Å². The third-order valence-electron chi connectivity index (χ3n) is 4.76. The van der Waals surface area contributed by atoms with Gasteiger partial charge in [0.05, 0.1) is 6.61 Å². The highest BCUT2D eigenvalue weighted by atomic mass is 16.5. The zero-order valence-electron chi connectivity index (χ0n) is 12.9. The zero-order chi connectivity index (χ0) is 14.8. The lowest BCUT2D eigenvalue weighted by molar-refractivity contribution is -0.148. The Morgan fingerprint density at radius 1 is 1.40 bits per heavy atom. The quantitative estimate of drug-likeness (QED) is 0.800. The molecule has 1 saturated heterocycles. The summed E-state index contributed by atoms with van der Waals surface area (Å²) in [5.74, 6) is -0.702. The number of rotatable bonds is 5. The molecule has 5 heteroatoms. The van der Waals surface area contributed by atoms with Gasteiger partial charge < -0.3 is 9.84 Å². The summed E-state index contributed by atoms with van der Waals surface area (Å²) in [6, 6.07) is 0.964. The van der Waals surface area contributed by atoms with Gasteiger partial charge in [0.1, 0.15) is 5.54 Å². The van der Waals surface area contributed by atoms with Crippen LogP contribution in [0, 0.1) is 0 Å². The van der Waals surface area contributed by atoms with Crippen LogP contribution >= 0.6 is 0 Å². The topological polar surface area (TPSA) is 61.8 Å². The summed E-state index contributed by atoms with van der Waals surface area (Å²) in [7, 11) is 2.12. The summed E-state index contributed by atoms with van der Waals surface area (Å²) in [5.41, 5.74) is -0.759. The van der Waals surface area contributed by atoms with Crippen molar-refractivity contribution in [2.45, 2.75) is 69.6 Å². The predicted octanol–water partition coefficient (Wildman–Crippen LogP) is 1.47. The van der Waals surface area contributed by atoms with Crippen molar-refractivity contribution in [3.8, 4) is 0 Å². The molecule has 2 N–H and O–H groups in total. The van der Waals surface area contributed by atoms with E-state index in [4.69, 9.17) is 4.74 Å². The third kappa shape index (κ3) is 3.32. The van der Waals surface area contributed by atoms with Crippen LogP contribution in [0.3, 0.4) is 0 Å². The molecule has 0 spiro atoms. The number of nitrogens with one attached hydrogen (secondary N) is 1. The summed E-state index contributed by atoms with van der Waals surface area (Å²) in [6.07, 6.45) is 4.53. The van der Waals surface area contributed by atoms with E-state index in [1.807, 2.05) is 13.8 Å². The second-order valence-electron chi connectivity index (χ2n) is 6.62. The van der Waals surface area contributed by atoms with E-state index in [0.29, 0.717) is 18.5 Å². The molecular formula is C15H28N2O3. The molecule has 3 unspecified atom stereocenters. The Kier molecular flexibility index (Phi) is 5.04. The second kappa shape index (κ2) is 6.41. The highest BCUT2D eigenvalue weighted by molar-refractivity contribution is 5.79. The molecule has 1 heterocycles. The van der Waals surface area contributed by atoms with Crippen molar-refractivity contribution in [2.24, 2.45) is 0 Å². The maximum absolute atomic E-state index is 11.8. The van der Waals surface area contributed by atoms with E-state index in [0.717, 1.165) is 38.9 Å². The molecule has 0 aromatic carbocycles. The van der Waals surface area contributed by atoms with Gasteiger partial charge in [-0.15, -0.1) is 0 Å². The molecule has 20 heavy (non-hydrogen) atoms. The van der Waals surface area contributed by atoms with Crippen LogP contribution in [0.2, 0.25) is 0 Å². The van der Waals surface area contributed by atoms with Crippen molar-refractivity contribution in [1.82, 2.24) is 10.2 Å². The average molecular weight is 284 g/mol. The molecule has 0 aromatic heterocycles. The number of carboxylic acid groups (broad SMARTS) is 1. The number of ether oxygens (including phenoxy) is 1. The molecule has 116 valence electrons. The van der Waals surface area contributed by atoms with E-state index in [1.165, 1.54) is 0 Å². The Hall–Kier alpha value is -0.650. The molecule has 0 bridgehead atoms. The van der Waals surface area contributed by atoms with Gasteiger partial charge in [-0.3, -0.25) is 15.0 Å². The Bertz CT molecular complexity index is 342. The monoisotopic (exact) mass is 284 g/mol. The van der Waals surface area contributed by atoms with Crippen LogP contribution in [-0.2, 0) is 9.53 Å². The largest absolute Gasteiger partial charge is 0.480 e. The van der Waals surface area contributed by atoms with Crippen molar-refractivity contribution >= 4 is 5.97 Å². The van der Waals surface area contributed by atoms with E-state index in [9.17, 15) is 9.90 Å². The maximum Gasteiger partial charge on any atom is 0.323 e. The summed E-state index contributed by atoms with van der Waals surface area (Å²) < 4.78 is 5.46. The van der Waals surface area contributed by atoms with Gasteiger partial charge in [-0.25, -0.2) is 0 Å². The summed E-state index contributed by atoms with van der Waals surface area (Å²) >= 11 is 0. The molecular weight excluding hydrogens is 256 g/mol. The summed E-state index contributed by atoms with van der Waals surface area (Å²) in [4.78, 5) is 14.1. The lowest BCUT2D eigenvalue weighted by Gasteiger charge is -2.44. The number of carboxylic acids is 1. The smallest absolute Gasteiger partial charge is 0.323 e. The van der Waals surface area contributed by atoms with E-state index in [2.05, 4.69) is 17.3 Å². The molecule has 1 saturated carbocycles. The van der Waals surface area contributed by atoms with Crippen LogP contribution < -0.4 is 5.32 Å². The number of nitrogens with zero attached hydrogens (tertiary/aromatic N) is 1. The van der Waals surface area contributed by atoms with Crippen molar-refractivity contribution < 1.29 is 14.6 Å². The highest BCUT2D eigenvalue weighted by Gasteiger charge is 2.45. The maximum atomic E-state index is 11.8. The third-order valence-corrected chi connectivity index (χ3v) is 4.76. The normalized spacial score (nSPS) is 34.9. The van der Waals surface area contributed by atoms with Gasteiger partial charge >= 0.3 is 5.97 Å². The highest BCUT2D eigenvalue weighted by Crippen LogP contribution is 2.33. The molecule has 0 amide bonds. The summed E-state index contributed by atoms with van der Waals surface area (Å²) in [6.45, 7) is 5.65. The van der Waals surface area contributed by atoms with Crippen LogP contribution in [0.25, 0.3) is 0 Å². The fraction of sp³-hybridized carbons (Fsp3) is 0.933. The van der Waals surface area contributed by atoms with E-state index < -0.39 is 11.5 Å². The number of hydrogen-bond acceptors (Lipinski definition) is 4. The predicted molar refractivity (Wildman–Crippen MR) is 77.9 cm³/mol. The van der Waals surface area contributed by atoms with Gasteiger partial charge in [-0.1, -0.05) is 0 Å². The number of hydrogen-bond donors (Lipinski definition) is 2. The van der Waals surface area contributed by atoms with E-state index >= 15 is 0 Å². The number of likely N-dealkylation sites (N-methyl/N-ethyl adjacent to an activating group) is 1. The molecule has 1 aliphatic heterocycles. The molecule has 0 radical (unpaired) electrons. The van der Waals surface area contributed by atoms with Crippen LogP contribution in [0.15, 0.2) is 0 Å².